The molecule has 0 unspecified atom stereocenters. The number of carbonyl (C=O) groups excluding carboxylic acids is 1. The maximum atomic E-state index is 12.2. The average molecular weight is 477 g/mol. The Labute approximate surface area is 188 Å². The number of anilines is 1. The number of hydrogen-bond donors (Lipinski definition) is 1. The molecule has 1 N–H and O–H groups in total. The van der Waals surface area contributed by atoms with E-state index in [1.54, 1.807) is 36.4 Å². The number of rotatable bonds is 8. The summed E-state index contributed by atoms with van der Waals surface area (Å²) in [6.07, 6.45) is 2.21. The molecular formula is C20H17ClN4O6S. The molecule has 0 bridgehead atoms. The molecule has 1 amide bonds. The molecule has 1 aromatic heterocycles. The Balaban J connectivity index is 1.65. The minimum Gasteiger partial charge on any atom is -0.455 e. The number of para-hydroxylation sites is 1. The second-order valence-corrected chi connectivity index (χ2v) is 8.83. The third-order valence-corrected chi connectivity index (χ3v) is 5.63. The van der Waals surface area contributed by atoms with Crippen LogP contribution in [0.2, 0.25) is 5.02 Å². The van der Waals surface area contributed by atoms with E-state index >= 15 is 0 Å². The number of sulfonamides is 1. The summed E-state index contributed by atoms with van der Waals surface area (Å²) >= 11 is 6.06. The van der Waals surface area contributed by atoms with Crippen molar-refractivity contribution < 1.29 is 22.6 Å². The van der Waals surface area contributed by atoms with Gasteiger partial charge in [-0.3, -0.25) is 19.2 Å². The lowest BCUT2D eigenvalue weighted by Crippen LogP contribution is -2.39. The molecule has 0 atom stereocenters. The fourth-order valence-electron chi connectivity index (χ4n) is 2.69. The van der Waals surface area contributed by atoms with Gasteiger partial charge in [0.1, 0.15) is 18.1 Å². The molecule has 0 aliphatic heterocycles. The zero-order valence-corrected chi connectivity index (χ0v) is 18.2. The topological polar surface area (TPSA) is 135 Å². The first-order valence-electron chi connectivity index (χ1n) is 9.04. The van der Waals surface area contributed by atoms with Crippen molar-refractivity contribution in [1.82, 2.24) is 5.43 Å². The minimum absolute atomic E-state index is 0.0373. The van der Waals surface area contributed by atoms with Gasteiger partial charge in [-0.05, 0) is 36.4 Å². The van der Waals surface area contributed by atoms with E-state index in [9.17, 15) is 23.3 Å². The molecule has 0 fully saturated rings. The number of nitrogens with one attached hydrogen (secondary N) is 1. The summed E-state index contributed by atoms with van der Waals surface area (Å²) in [5.74, 6) is 0.0770. The highest BCUT2D eigenvalue weighted by molar-refractivity contribution is 7.92. The van der Waals surface area contributed by atoms with Crippen LogP contribution in [0.1, 0.15) is 5.76 Å². The molecule has 0 saturated carbocycles. The van der Waals surface area contributed by atoms with Crippen LogP contribution >= 0.6 is 11.6 Å². The van der Waals surface area contributed by atoms with Crippen molar-refractivity contribution in [1.29, 1.82) is 0 Å². The van der Waals surface area contributed by atoms with Gasteiger partial charge in [0.05, 0.1) is 28.1 Å². The summed E-state index contributed by atoms with van der Waals surface area (Å²) in [4.78, 5) is 22.5. The number of amides is 1. The Kier molecular flexibility index (Phi) is 6.91. The van der Waals surface area contributed by atoms with Gasteiger partial charge in [-0.25, -0.2) is 13.8 Å². The number of nitrogens with zero attached hydrogens (tertiary/aromatic N) is 3. The quantitative estimate of drug-likeness (QED) is 0.300. The molecule has 166 valence electrons. The van der Waals surface area contributed by atoms with Gasteiger partial charge in [0, 0.05) is 17.7 Å². The second kappa shape index (κ2) is 9.62. The van der Waals surface area contributed by atoms with E-state index in [0.717, 1.165) is 10.6 Å². The van der Waals surface area contributed by atoms with Crippen molar-refractivity contribution in [3.8, 4) is 11.3 Å². The third kappa shape index (κ3) is 5.71. The molecule has 1 heterocycles. The molecule has 3 rings (SSSR count). The number of furan rings is 1. The van der Waals surface area contributed by atoms with Crippen LogP contribution in [0.5, 0.6) is 0 Å². The zero-order valence-electron chi connectivity index (χ0n) is 16.6. The molecule has 3 aromatic rings. The van der Waals surface area contributed by atoms with E-state index in [-0.39, 0.29) is 16.4 Å². The number of hydrazone groups is 1. The number of hydrogen-bond acceptors (Lipinski definition) is 7. The summed E-state index contributed by atoms with van der Waals surface area (Å²) in [5.41, 5.74) is 3.00. The Morgan fingerprint density at radius 1 is 1.19 bits per heavy atom. The van der Waals surface area contributed by atoms with Crippen molar-refractivity contribution in [2.45, 2.75) is 0 Å². The van der Waals surface area contributed by atoms with Crippen molar-refractivity contribution in [2.24, 2.45) is 5.10 Å². The van der Waals surface area contributed by atoms with Gasteiger partial charge >= 0.3 is 0 Å². The van der Waals surface area contributed by atoms with Gasteiger partial charge in [0.2, 0.25) is 10.0 Å². The molecular weight excluding hydrogens is 460 g/mol. The fraction of sp³-hybridized carbons (Fsp3) is 0.100. The molecule has 0 spiro atoms. The first-order chi connectivity index (χ1) is 15.1. The van der Waals surface area contributed by atoms with E-state index in [2.05, 4.69) is 10.5 Å². The maximum Gasteiger partial charge on any atom is 0.269 e. The standard InChI is InChI=1S/C20H17ClN4O6S/c1-32(29,30)24(18-5-3-2-4-17(18)21)13-20(26)23-22-12-16-10-11-19(31-16)14-6-8-15(9-7-14)25(27)28/h2-12H,13H2,1H3,(H,23,26)/b22-12+. The number of carbonyl (C=O) groups is 1. The van der Waals surface area contributed by atoms with Crippen LogP contribution in [-0.2, 0) is 14.8 Å². The van der Waals surface area contributed by atoms with Crippen molar-refractivity contribution >= 4 is 45.1 Å². The first kappa shape index (κ1) is 23.0. The Morgan fingerprint density at radius 3 is 2.50 bits per heavy atom. The Bertz CT molecular complexity index is 1270. The molecule has 0 saturated heterocycles. The van der Waals surface area contributed by atoms with Crippen LogP contribution in [0, 0.1) is 10.1 Å². The molecule has 0 radical (unpaired) electrons. The van der Waals surface area contributed by atoms with Crippen LogP contribution in [0.15, 0.2) is 70.2 Å². The summed E-state index contributed by atoms with van der Waals surface area (Å²) in [6, 6.07) is 15.3. The van der Waals surface area contributed by atoms with Crippen LogP contribution < -0.4 is 9.73 Å². The molecule has 0 aliphatic rings. The van der Waals surface area contributed by atoms with Gasteiger partial charge in [-0.15, -0.1) is 0 Å². The molecule has 0 aliphatic carbocycles. The van der Waals surface area contributed by atoms with Gasteiger partial charge in [-0.1, -0.05) is 23.7 Å². The lowest BCUT2D eigenvalue weighted by atomic mass is 10.1. The highest BCUT2D eigenvalue weighted by atomic mass is 35.5. The smallest absolute Gasteiger partial charge is 0.269 e. The number of non-ortho nitro benzene ring substituents is 1. The second-order valence-electron chi connectivity index (χ2n) is 6.52. The predicted octanol–water partition coefficient (Wildman–Crippen LogP) is 3.42. The van der Waals surface area contributed by atoms with Crippen molar-refractivity contribution in [3.05, 3.63) is 81.6 Å². The van der Waals surface area contributed by atoms with E-state index in [1.165, 1.54) is 30.5 Å². The largest absolute Gasteiger partial charge is 0.455 e. The monoisotopic (exact) mass is 476 g/mol. The highest BCUT2D eigenvalue weighted by Crippen LogP contribution is 2.27. The molecule has 10 nitrogen and oxygen atoms in total. The Morgan fingerprint density at radius 2 is 1.88 bits per heavy atom. The zero-order chi connectivity index (χ0) is 23.3. The summed E-state index contributed by atoms with van der Waals surface area (Å²) in [5, 5.41) is 14.7. The van der Waals surface area contributed by atoms with Crippen LogP contribution in [-0.4, -0.2) is 38.3 Å². The molecule has 2 aromatic carbocycles. The van der Waals surface area contributed by atoms with Crippen LogP contribution in [0.25, 0.3) is 11.3 Å². The van der Waals surface area contributed by atoms with E-state index in [0.29, 0.717) is 17.1 Å². The first-order valence-corrected chi connectivity index (χ1v) is 11.3. The third-order valence-electron chi connectivity index (χ3n) is 4.18. The number of halogens is 1. The van der Waals surface area contributed by atoms with Crippen LogP contribution in [0.4, 0.5) is 11.4 Å². The van der Waals surface area contributed by atoms with Crippen molar-refractivity contribution in [2.75, 3.05) is 17.1 Å². The van der Waals surface area contributed by atoms with Gasteiger partial charge in [0.15, 0.2) is 0 Å². The summed E-state index contributed by atoms with van der Waals surface area (Å²) in [6.45, 7) is -0.522. The van der Waals surface area contributed by atoms with E-state index < -0.39 is 27.4 Å². The van der Waals surface area contributed by atoms with Crippen LogP contribution in [0.3, 0.4) is 0 Å². The molecule has 32 heavy (non-hydrogen) atoms. The normalized spacial score (nSPS) is 11.4. The molecule has 12 heteroatoms. The SMILES string of the molecule is CS(=O)(=O)N(CC(=O)N/N=C/c1ccc(-c2ccc([N+](=O)[O-])cc2)o1)c1ccccc1Cl. The Hall–Kier alpha value is -3.70. The van der Waals surface area contributed by atoms with Gasteiger partial charge in [0.25, 0.3) is 11.6 Å². The predicted molar refractivity (Wildman–Crippen MR) is 120 cm³/mol. The minimum atomic E-state index is -3.77. The summed E-state index contributed by atoms with van der Waals surface area (Å²) < 4.78 is 30.7. The number of benzene rings is 2. The lowest BCUT2D eigenvalue weighted by Gasteiger charge is -2.22. The number of nitro groups is 1. The van der Waals surface area contributed by atoms with Crippen molar-refractivity contribution in [3.63, 3.8) is 0 Å². The van der Waals surface area contributed by atoms with Gasteiger partial charge in [-0.2, -0.15) is 5.10 Å². The highest BCUT2D eigenvalue weighted by Gasteiger charge is 2.22. The number of nitro benzene ring substituents is 1. The van der Waals surface area contributed by atoms with E-state index in [1.807, 2.05) is 0 Å². The van der Waals surface area contributed by atoms with Gasteiger partial charge < -0.3 is 4.42 Å². The lowest BCUT2D eigenvalue weighted by molar-refractivity contribution is -0.384. The average Bonchev–Trinajstić information content (AvgIpc) is 3.21. The summed E-state index contributed by atoms with van der Waals surface area (Å²) in [7, 11) is -3.77. The fourth-order valence-corrected chi connectivity index (χ4v) is 3.85. The van der Waals surface area contributed by atoms with E-state index in [4.69, 9.17) is 16.0 Å². The maximum absolute atomic E-state index is 12.2.